The van der Waals surface area contributed by atoms with Crippen LogP contribution in [0.25, 0.3) is 0 Å². The van der Waals surface area contributed by atoms with Crippen molar-refractivity contribution in [2.75, 3.05) is 53.2 Å². The normalized spacial score (nSPS) is 11.2. The summed E-state index contributed by atoms with van der Waals surface area (Å²) in [6, 6.07) is 0. The van der Waals surface area contributed by atoms with Gasteiger partial charge in [-0.15, -0.1) is 0 Å². The highest BCUT2D eigenvalue weighted by molar-refractivity contribution is 4.45. The zero-order valence-electron chi connectivity index (χ0n) is 9.01. The fourth-order valence-corrected chi connectivity index (χ4v) is 0.830. The van der Waals surface area contributed by atoms with Gasteiger partial charge in [0.05, 0.1) is 26.4 Å². The third-order valence-corrected chi connectivity index (χ3v) is 1.52. The molecule has 0 radical (unpaired) electrons. The molecule has 0 aromatic carbocycles. The number of rotatable bonds is 11. The van der Waals surface area contributed by atoms with Gasteiger partial charge in [0.25, 0.3) is 6.43 Å². The Morgan fingerprint density at radius 1 is 1.00 bits per heavy atom. The molecule has 4 nitrogen and oxygen atoms in total. The first kappa shape index (κ1) is 14.7. The number of alkyl halides is 2. The molecule has 0 amide bonds. The molecule has 0 aliphatic carbocycles. The van der Waals surface area contributed by atoms with E-state index in [1.807, 2.05) is 0 Å². The van der Waals surface area contributed by atoms with E-state index in [4.69, 9.17) is 9.47 Å². The summed E-state index contributed by atoms with van der Waals surface area (Å²) in [5.41, 5.74) is 0. The molecule has 0 saturated carbocycles. The summed E-state index contributed by atoms with van der Waals surface area (Å²) in [7, 11) is 1.61. The van der Waals surface area contributed by atoms with Crippen LogP contribution in [0, 0.1) is 0 Å². The van der Waals surface area contributed by atoms with Crippen molar-refractivity contribution in [3.63, 3.8) is 0 Å². The number of hydrogen-bond donors (Lipinski definition) is 1. The van der Waals surface area contributed by atoms with Gasteiger partial charge in [0.15, 0.2) is 0 Å². The molecule has 92 valence electrons. The molecule has 0 unspecified atom stereocenters. The van der Waals surface area contributed by atoms with Crippen molar-refractivity contribution in [2.45, 2.75) is 6.43 Å². The van der Waals surface area contributed by atoms with Crippen LogP contribution in [-0.2, 0) is 14.2 Å². The Morgan fingerprint density at radius 2 is 1.67 bits per heavy atom. The number of methoxy groups -OCH3 is 1. The zero-order chi connectivity index (χ0) is 11.4. The first-order chi connectivity index (χ1) is 7.27. The Balaban J connectivity index is 2.87. The topological polar surface area (TPSA) is 39.7 Å². The van der Waals surface area contributed by atoms with Crippen LogP contribution in [-0.4, -0.2) is 59.7 Å². The van der Waals surface area contributed by atoms with Crippen LogP contribution >= 0.6 is 0 Å². The molecule has 0 atom stereocenters. The van der Waals surface area contributed by atoms with Crippen LogP contribution in [0.2, 0.25) is 0 Å². The summed E-state index contributed by atoms with van der Waals surface area (Å²) in [4.78, 5) is 0. The third-order valence-electron chi connectivity index (χ3n) is 1.52. The Morgan fingerprint density at radius 3 is 2.27 bits per heavy atom. The summed E-state index contributed by atoms with van der Waals surface area (Å²) < 4.78 is 37.8. The molecule has 1 N–H and O–H groups in total. The monoisotopic (exact) mass is 227 g/mol. The lowest BCUT2D eigenvalue weighted by atomic mass is 10.6. The summed E-state index contributed by atoms with van der Waals surface area (Å²) in [5, 5.41) is 3.00. The summed E-state index contributed by atoms with van der Waals surface area (Å²) in [6.45, 7) is 2.77. The maximum absolute atomic E-state index is 11.6. The van der Waals surface area contributed by atoms with Gasteiger partial charge in [-0.1, -0.05) is 0 Å². The van der Waals surface area contributed by atoms with Crippen LogP contribution in [0.15, 0.2) is 0 Å². The maximum atomic E-state index is 11.6. The average Bonchev–Trinajstić information content (AvgIpc) is 2.20. The minimum atomic E-state index is -2.39. The molecule has 0 spiro atoms. The Labute approximate surface area is 88.9 Å². The van der Waals surface area contributed by atoms with E-state index in [0.717, 1.165) is 0 Å². The molecular formula is C9H19F2NO3. The van der Waals surface area contributed by atoms with Crippen LogP contribution in [0.3, 0.4) is 0 Å². The Kier molecular flexibility index (Phi) is 11.5. The highest BCUT2D eigenvalue weighted by Gasteiger charge is 2.00. The number of ether oxygens (including phenoxy) is 3. The van der Waals surface area contributed by atoms with Crippen molar-refractivity contribution in [1.82, 2.24) is 5.32 Å². The minimum absolute atomic E-state index is 0.294. The van der Waals surface area contributed by atoms with Crippen molar-refractivity contribution < 1.29 is 23.0 Å². The van der Waals surface area contributed by atoms with Crippen molar-refractivity contribution in [3.05, 3.63) is 0 Å². The van der Waals surface area contributed by atoms with Gasteiger partial charge in [-0.3, -0.25) is 0 Å². The highest BCUT2D eigenvalue weighted by Crippen LogP contribution is 1.91. The van der Waals surface area contributed by atoms with Gasteiger partial charge in [-0.05, 0) is 0 Å². The second kappa shape index (κ2) is 11.8. The van der Waals surface area contributed by atoms with Gasteiger partial charge in [0.1, 0.15) is 6.61 Å². The lowest BCUT2D eigenvalue weighted by Gasteiger charge is -2.06. The number of nitrogens with one attached hydrogen (secondary N) is 1. The molecule has 0 fully saturated rings. The summed E-state index contributed by atoms with van der Waals surface area (Å²) in [6.07, 6.45) is -2.39. The molecule has 0 aromatic rings. The van der Waals surface area contributed by atoms with Gasteiger partial charge >= 0.3 is 0 Å². The number of halogens is 2. The molecule has 0 heterocycles. The second-order valence-electron chi connectivity index (χ2n) is 2.82. The standard InChI is InChI=1S/C9H19F2NO3/c1-13-6-7-14-4-2-12-3-5-15-8-9(10)11/h9,12H,2-8H2,1H3. The molecule has 6 heteroatoms. The first-order valence-corrected chi connectivity index (χ1v) is 4.90. The molecule has 0 rings (SSSR count). The molecule has 0 aromatic heterocycles. The molecular weight excluding hydrogens is 208 g/mol. The van der Waals surface area contributed by atoms with E-state index in [2.05, 4.69) is 10.1 Å². The molecule has 0 aliphatic heterocycles. The lowest BCUT2D eigenvalue weighted by molar-refractivity contribution is 0.0180. The smallest absolute Gasteiger partial charge is 0.261 e. The van der Waals surface area contributed by atoms with E-state index < -0.39 is 13.0 Å². The van der Waals surface area contributed by atoms with Crippen molar-refractivity contribution >= 4 is 0 Å². The van der Waals surface area contributed by atoms with E-state index in [1.165, 1.54) is 0 Å². The van der Waals surface area contributed by atoms with Crippen molar-refractivity contribution in [3.8, 4) is 0 Å². The largest absolute Gasteiger partial charge is 0.382 e. The van der Waals surface area contributed by atoms with Gasteiger partial charge in [-0.2, -0.15) is 0 Å². The molecule has 0 saturated heterocycles. The Bertz CT molecular complexity index is 128. The van der Waals surface area contributed by atoms with Gasteiger partial charge in [0.2, 0.25) is 0 Å². The fourth-order valence-electron chi connectivity index (χ4n) is 0.830. The molecule has 0 aliphatic rings. The third kappa shape index (κ3) is 13.7. The Hall–Kier alpha value is -0.300. The lowest BCUT2D eigenvalue weighted by Crippen LogP contribution is -2.25. The number of hydrogen-bond acceptors (Lipinski definition) is 4. The van der Waals surface area contributed by atoms with Crippen LogP contribution in [0.5, 0.6) is 0 Å². The quantitative estimate of drug-likeness (QED) is 0.522. The van der Waals surface area contributed by atoms with Crippen LogP contribution in [0.4, 0.5) is 8.78 Å². The average molecular weight is 227 g/mol. The van der Waals surface area contributed by atoms with E-state index in [1.54, 1.807) is 7.11 Å². The van der Waals surface area contributed by atoms with Gasteiger partial charge < -0.3 is 19.5 Å². The van der Waals surface area contributed by atoms with Crippen LogP contribution < -0.4 is 5.32 Å². The van der Waals surface area contributed by atoms with Crippen molar-refractivity contribution in [1.29, 1.82) is 0 Å². The van der Waals surface area contributed by atoms with Crippen LogP contribution in [0.1, 0.15) is 0 Å². The van der Waals surface area contributed by atoms with E-state index in [9.17, 15) is 8.78 Å². The highest BCUT2D eigenvalue weighted by atomic mass is 19.3. The maximum Gasteiger partial charge on any atom is 0.261 e. The molecule has 15 heavy (non-hydrogen) atoms. The van der Waals surface area contributed by atoms with Crippen molar-refractivity contribution in [2.24, 2.45) is 0 Å². The second-order valence-corrected chi connectivity index (χ2v) is 2.82. The summed E-state index contributed by atoms with van der Waals surface area (Å²) in [5.74, 6) is 0. The predicted molar refractivity (Wildman–Crippen MR) is 52.4 cm³/mol. The summed E-state index contributed by atoms with van der Waals surface area (Å²) >= 11 is 0. The van der Waals surface area contributed by atoms with E-state index in [-0.39, 0.29) is 0 Å². The van der Waals surface area contributed by atoms with E-state index >= 15 is 0 Å². The van der Waals surface area contributed by atoms with Gasteiger partial charge in [0, 0.05) is 20.2 Å². The zero-order valence-corrected chi connectivity index (χ0v) is 9.01. The van der Waals surface area contributed by atoms with E-state index in [0.29, 0.717) is 39.5 Å². The first-order valence-electron chi connectivity index (χ1n) is 4.90. The van der Waals surface area contributed by atoms with Gasteiger partial charge in [-0.25, -0.2) is 8.78 Å². The minimum Gasteiger partial charge on any atom is -0.382 e. The molecule has 0 bridgehead atoms. The predicted octanol–water partition coefficient (Wildman–Crippen LogP) is 0.521. The SMILES string of the molecule is COCCOCCNCCOCC(F)F. The fraction of sp³-hybridized carbons (Fsp3) is 1.00.